The molecule has 1 N–H and O–H groups in total. The number of carbonyl (C=O) groups excluding carboxylic acids is 1. The lowest BCUT2D eigenvalue weighted by Gasteiger charge is -2.04. The van der Waals surface area contributed by atoms with E-state index in [9.17, 15) is 14.9 Å². The van der Waals surface area contributed by atoms with Gasteiger partial charge in [0, 0.05) is 12.1 Å². The van der Waals surface area contributed by atoms with Crippen LogP contribution < -0.4 is 10.2 Å². The molecular formula is C12H11N7O4S2. The summed E-state index contributed by atoms with van der Waals surface area (Å²) in [5.74, 6) is 0.398. The number of nitrogens with zero attached hydrogens (tertiary/aromatic N) is 6. The molecule has 0 atom stereocenters. The summed E-state index contributed by atoms with van der Waals surface area (Å²) in [6.07, 6.45) is 0. The predicted octanol–water partition coefficient (Wildman–Crippen LogP) is 1.37. The first-order chi connectivity index (χ1) is 12.1. The Labute approximate surface area is 148 Å². The van der Waals surface area contributed by atoms with Crippen molar-refractivity contribution in [3.8, 4) is 0 Å². The van der Waals surface area contributed by atoms with Crippen LogP contribution in [0.4, 0.5) is 10.8 Å². The molecule has 25 heavy (non-hydrogen) atoms. The zero-order chi connectivity index (χ0) is 17.8. The number of hydrogen-bond acceptors (Lipinski definition) is 10. The molecule has 2 heterocycles. The summed E-state index contributed by atoms with van der Waals surface area (Å²) in [5, 5.41) is 29.1. The zero-order valence-electron chi connectivity index (χ0n) is 12.8. The highest BCUT2D eigenvalue weighted by Gasteiger charge is 2.14. The minimum atomic E-state index is -0.537. The molecule has 13 heteroatoms. The third-order valence-corrected chi connectivity index (χ3v) is 4.70. The Hall–Kier alpha value is -2.80. The van der Waals surface area contributed by atoms with Gasteiger partial charge >= 0.3 is 0 Å². The smallest absolute Gasteiger partial charge is 0.271 e. The third-order valence-electron chi connectivity index (χ3n) is 2.85. The van der Waals surface area contributed by atoms with E-state index in [1.54, 1.807) is 0 Å². The summed E-state index contributed by atoms with van der Waals surface area (Å²) in [5.41, 5.74) is 0.579. The maximum atomic E-state index is 11.9. The number of benzene rings is 1. The molecule has 0 saturated heterocycles. The van der Waals surface area contributed by atoms with Crippen LogP contribution >= 0.6 is 23.1 Å². The van der Waals surface area contributed by atoms with Gasteiger partial charge in [-0.25, -0.2) is 0 Å². The lowest BCUT2D eigenvalue weighted by atomic mass is 10.3. The second-order valence-corrected chi connectivity index (χ2v) is 7.01. The van der Waals surface area contributed by atoms with Crippen LogP contribution in [0.2, 0.25) is 0 Å². The van der Waals surface area contributed by atoms with Gasteiger partial charge < -0.3 is 4.84 Å². The topological polar surface area (TPSA) is 138 Å². The predicted molar refractivity (Wildman–Crippen MR) is 90.6 cm³/mol. The highest BCUT2D eigenvalue weighted by Crippen LogP contribution is 2.24. The van der Waals surface area contributed by atoms with Crippen molar-refractivity contribution >= 4 is 50.9 Å². The van der Waals surface area contributed by atoms with Crippen LogP contribution in [-0.4, -0.2) is 48.5 Å². The number of carbonyl (C=O) groups is 1. The second-order valence-electron chi connectivity index (χ2n) is 4.52. The van der Waals surface area contributed by atoms with Gasteiger partial charge in [0.1, 0.15) is 11.0 Å². The Morgan fingerprint density at radius 1 is 1.44 bits per heavy atom. The number of rotatable bonds is 7. The van der Waals surface area contributed by atoms with Crippen LogP contribution in [-0.2, 0) is 4.79 Å². The third kappa shape index (κ3) is 4.00. The van der Waals surface area contributed by atoms with E-state index >= 15 is 0 Å². The van der Waals surface area contributed by atoms with E-state index in [1.165, 1.54) is 41.3 Å². The van der Waals surface area contributed by atoms with Crippen LogP contribution in [0, 0.1) is 10.1 Å². The lowest BCUT2D eigenvalue weighted by molar-refractivity contribution is -0.384. The van der Waals surface area contributed by atoms with Crippen molar-refractivity contribution in [3.05, 3.63) is 28.3 Å². The second kappa shape index (κ2) is 7.40. The quantitative estimate of drug-likeness (QED) is 0.278. The van der Waals surface area contributed by atoms with E-state index in [0.29, 0.717) is 16.2 Å². The fourth-order valence-corrected chi connectivity index (χ4v) is 3.48. The van der Waals surface area contributed by atoms with Gasteiger partial charge in [-0.1, -0.05) is 34.9 Å². The van der Waals surface area contributed by atoms with Crippen molar-refractivity contribution < 1.29 is 14.6 Å². The summed E-state index contributed by atoms with van der Waals surface area (Å²) in [7, 11) is 0. The Morgan fingerprint density at radius 3 is 3.04 bits per heavy atom. The molecule has 3 rings (SSSR count). The maximum absolute atomic E-state index is 11.9. The number of amides is 1. The number of non-ortho nitro benzene ring substituents is 1. The highest BCUT2D eigenvalue weighted by atomic mass is 32.2. The van der Waals surface area contributed by atoms with E-state index in [1.807, 2.05) is 6.92 Å². The number of thioether (sulfide) groups is 1. The normalized spacial score (nSPS) is 10.8. The largest absolute Gasteiger partial charge is 0.385 e. The van der Waals surface area contributed by atoms with Crippen LogP contribution in [0.3, 0.4) is 0 Å². The standard InChI is InChI=1S/C12H11N7O4S2/c1-2-24-12-16-15-11(25-12)13-10(20)6-23-18-9-5-7(19(21)22)3-4-8(9)14-17-18/h3-5H,2,6H2,1H3,(H,13,15,20). The van der Waals surface area contributed by atoms with E-state index in [-0.39, 0.29) is 12.3 Å². The minimum absolute atomic E-state index is 0.126. The lowest BCUT2D eigenvalue weighted by Crippen LogP contribution is -2.26. The van der Waals surface area contributed by atoms with Gasteiger partial charge in [0.2, 0.25) is 5.13 Å². The Morgan fingerprint density at radius 2 is 2.28 bits per heavy atom. The molecule has 1 aromatic carbocycles. The molecule has 0 aliphatic heterocycles. The highest BCUT2D eigenvalue weighted by molar-refractivity contribution is 8.01. The van der Waals surface area contributed by atoms with Gasteiger partial charge in [0.25, 0.3) is 11.6 Å². The maximum Gasteiger partial charge on any atom is 0.271 e. The average Bonchev–Trinajstić information content (AvgIpc) is 3.19. The van der Waals surface area contributed by atoms with Crippen molar-refractivity contribution in [1.82, 2.24) is 25.4 Å². The van der Waals surface area contributed by atoms with E-state index < -0.39 is 10.8 Å². The van der Waals surface area contributed by atoms with Gasteiger partial charge in [-0.3, -0.25) is 20.2 Å². The van der Waals surface area contributed by atoms with E-state index in [2.05, 4.69) is 25.8 Å². The molecular weight excluding hydrogens is 370 g/mol. The van der Waals surface area contributed by atoms with Crippen molar-refractivity contribution in [2.24, 2.45) is 0 Å². The summed E-state index contributed by atoms with van der Waals surface area (Å²) in [4.78, 5) is 28.4. The molecule has 3 aromatic rings. The first-order valence-corrected chi connectivity index (χ1v) is 8.76. The monoisotopic (exact) mass is 381 g/mol. The molecule has 0 aliphatic rings. The SMILES string of the molecule is CCSc1nnc(NC(=O)COn2nnc3ccc([N+](=O)[O-])cc32)s1. The van der Waals surface area contributed by atoms with Crippen molar-refractivity contribution in [2.75, 3.05) is 17.7 Å². The molecule has 0 radical (unpaired) electrons. The minimum Gasteiger partial charge on any atom is -0.385 e. The first-order valence-electron chi connectivity index (χ1n) is 6.96. The average molecular weight is 381 g/mol. The van der Waals surface area contributed by atoms with Crippen LogP contribution in [0.25, 0.3) is 11.0 Å². The number of nitro benzene ring substituents is 1. The van der Waals surface area contributed by atoms with Crippen molar-refractivity contribution in [2.45, 2.75) is 11.3 Å². The van der Waals surface area contributed by atoms with Crippen LogP contribution in [0.5, 0.6) is 0 Å². The summed E-state index contributed by atoms with van der Waals surface area (Å²) >= 11 is 2.78. The molecule has 0 unspecified atom stereocenters. The number of nitro groups is 1. The Balaban J connectivity index is 1.64. The van der Waals surface area contributed by atoms with Gasteiger partial charge in [0.05, 0.1) is 4.92 Å². The first kappa shape index (κ1) is 17.0. The molecule has 130 valence electrons. The summed E-state index contributed by atoms with van der Waals surface area (Å²) in [6.45, 7) is 1.63. The van der Waals surface area contributed by atoms with Gasteiger partial charge in [0.15, 0.2) is 10.9 Å². The van der Waals surface area contributed by atoms with E-state index in [0.717, 1.165) is 14.9 Å². The zero-order valence-corrected chi connectivity index (χ0v) is 14.4. The number of anilines is 1. The molecule has 0 spiro atoms. The fourth-order valence-electron chi connectivity index (χ4n) is 1.81. The van der Waals surface area contributed by atoms with Crippen molar-refractivity contribution in [1.29, 1.82) is 0 Å². The summed E-state index contributed by atoms with van der Waals surface area (Å²) in [6, 6.07) is 4.04. The number of hydrogen-bond donors (Lipinski definition) is 1. The Kier molecular flexibility index (Phi) is 5.04. The van der Waals surface area contributed by atoms with Crippen LogP contribution in [0.1, 0.15) is 6.92 Å². The molecule has 0 aliphatic carbocycles. The molecule has 0 saturated carbocycles. The molecule has 0 fully saturated rings. The number of fused-ring (bicyclic) bond motifs is 1. The van der Waals surface area contributed by atoms with Gasteiger partial charge in [-0.2, -0.15) is 0 Å². The number of aromatic nitrogens is 5. The van der Waals surface area contributed by atoms with Gasteiger partial charge in [-0.05, 0) is 17.0 Å². The molecule has 11 nitrogen and oxygen atoms in total. The fraction of sp³-hybridized carbons (Fsp3) is 0.250. The molecule has 0 bridgehead atoms. The van der Waals surface area contributed by atoms with Gasteiger partial charge in [-0.15, -0.1) is 15.3 Å². The van der Waals surface area contributed by atoms with Crippen molar-refractivity contribution in [3.63, 3.8) is 0 Å². The van der Waals surface area contributed by atoms with E-state index in [4.69, 9.17) is 4.84 Å². The molecule has 2 aromatic heterocycles. The van der Waals surface area contributed by atoms with Crippen LogP contribution in [0.15, 0.2) is 22.5 Å². The Bertz CT molecular complexity index is 925. The summed E-state index contributed by atoms with van der Waals surface area (Å²) < 4.78 is 0.758. The molecule has 1 amide bonds. The number of nitrogens with one attached hydrogen (secondary N) is 1.